The average molecular weight is 333 g/mol. The van der Waals surface area contributed by atoms with E-state index in [0.717, 1.165) is 5.56 Å². The topological polar surface area (TPSA) is 88.1 Å². The monoisotopic (exact) mass is 333 g/mol. The van der Waals surface area contributed by atoms with Gasteiger partial charge in [-0.1, -0.05) is 11.2 Å². The highest BCUT2D eigenvalue weighted by Gasteiger charge is 2.17. The van der Waals surface area contributed by atoms with E-state index in [1.54, 1.807) is 10.9 Å². The number of hydrogen-bond donors (Lipinski definition) is 0. The molecule has 0 unspecified atom stereocenters. The number of ether oxygens (including phenoxy) is 2. The largest absolute Gasteiger partial charge is 0.454 e. The third kappa shape index (κ3) is 2.40. The summed E-state index contributed by atoms with van der Waals surface area (Å²) < 4.78 is 17.7. The van der Waals surface area contributed by atoms with Gasteiger partial charge in [-0.2, -0.15) is 10.1 Å². The van der Waals surface area contributed by atoms with E-state index in [1.807, 2.05) is 48.7 Å². The van der Waals surface area contributed by atoms with Crippen molar-refractivity contribution in [1.29, 1.82) is 0 Å². The molecule has 25 heavy (non-hydrogen) atoms. The Balaban J connectivity index is 1.50. The standard InChI is InChI=1S/C17H11N5O3/c1-3-12(19-15(4-1)22-8-2-7-18-22)17-20-16(21-25-17)11-5-6-13-14(9-11)24-10-23-13/h1-9H,10H2. The molecule has 8 heteroatoms. The van der Waals surface area contributed by atoms with Crippen molar-refractivity contribution >= 4 is 0 Å². The minimum absolute atomic E-state index is 0.223. The number of nitrogens with zero attached hydrogens (tertiary/aromatic N) is 5. The number of aromatic nitrogens is 5. The van der Waals surface area contributed by atoms with E-state index >= 15 is 0 Å². The van der Waals surface area contributed by atoms with E-state index < -0.39 is 0 Å². The Bertz CT molecular complexity index is 1040. The van der Waals surface area contributed by atoms with Gasteiger partial charge in [0, 0.05) is 18.0 Å². The molecule has 0 saturated heterocycles. The van der Waals surface area contributed by atoms with E-state index in [1.165, 1.54) is 0 Å². The molecule has 122 valence electrons. The average Bonchev–Trinajstić information content (AvgIpc) is 3.42. The normalized spacial score (nSPS) is 12.5. The van der Waals surface area contributed by atoms with Crippen LogP contribution in [-0.4, -0.2) is 31.7 Å². The maximum atomic E-state index is 5.38. The molecule has 8 nitrogen and oxygen atoms in total. The fourth-order valence-corrected chi connectivity index (χ4v) is 2.55. The molecule has 1 aromatic carbocycles. The SMILES string of the molecule is c1cc(-c2nc(-c3ccc4c(c3)OCO4)no2)nc(-n2cccn2)c1. The van der Waals surface area contributed by atoms with E-state index in [4.69, 9.17) is 14.0 Å². The van der Waals surface area contributed by atoms with Crippen LogP contribution < -0.4 is 9.47 Å². The minimum atomic E-state index is 0.223. The highest BCUT2D eigenvalue weighted by Crippen LogP contribution is 2.35. The molecule has 3 aromatic heterocycles. The van der Waals surface area contributed by atoms with Crippen molar-refractivity contribution in [2.24, 2.45) is 0 Å². The summed E-state index contributed by atoms with van der Waals surface area (Å²) in [5.74, 6) is 2.84. The number of rotatable bonds is 3. The van der Waals surface area contributed by atoms with Gasteiger partial charge >= 0.3 is 0 Å². The van der Waals surface area contributed by atoms with Gasteiger partial charge in [-0.3, -0.25) is 0 Å². The highest BCUT2D eigenvalue weighted by atomic mass is 16.7. The molecule has 0 aliphatic carbocycles. The lowest BCUT2D eigenvalue weighted by molar-refractivity contribution is 0.174. The van der Waals surface area contributed by atoms with Gasteiger partial charge < -0.3 is 14.0 Å². The van der Waals surface area contributed by atoms with Gasteiger partial charge in [-0.25, -0.2) is 9.67 Å². The maximum Gasteiger partial charge on any atom is 0.276 e. The zero-order valence-corrected chi connectivity index (χ0v) is 12.9. The highest BCUT2D eigenvalue weighted by molar-refractivity contribution is 5.63. The van der Waals surface area contributed by atoms with E-state index in [0.29, 0.717) is 34.7 Å². The number of benzene rings is 1. The van der Waals surface area contributed by atoms with Gasteiger partial charge in [0.1, 0.15) is 5.69 Å². The minimum Gasteiger partial charge on any atom is -0.454 e. The molecular weight excluding hydrogens is 322 g/mol. The summed E-state index contributed by atoms with van der Waals surface area (Å²) in [6.45, 7) is 0.223. The van der Waals surface area contributed by atoms with Crippen molar-refractivity contribution in [2.45, 2.75) is 0 Å². The fraction of sp³-hybridized carbons (Fsp3) is 0.0588. The van der Waals surface area contributed by atoms with Crippen molar-refractivity contribution in [3.05, 3.63) is 54.9 Å². The first-order valence-electron chi connectivity index (χ1n) is 7.58. The zero-order valence-electron chi connectivity index (χ0n) is 12.9. The summed E-state index contributed by atoms with van der Waals surface area (Å²) >= 11 is 0. The van der Waals surface area contributed by atoms with Crippen molar-refractivity contribution in [2.75, 3.05) is 6.79 Å². The van der Waals surface area contributed by atoms with Gasteiger partial charge in [0.25, 0.3) is 5.89 Å². The summed E-state index contributed by atoms with van der Waals surface area (Å²) in [7, 11) is 0. The number of pyridine rings is 1. The lowest BCUT2D eigenvalue weighted by atomic mass is 10.2. The predicted molar refractivity (Wildman–Crippen MR) is 86.2 cm³/mol. The van der Waals surface area contributed by atoms with Gasteiger partial charge in [0.2, 0.25) is 12.6 Å². The second-order valence-corrected chi connectivity index (χ2v) is 5.32. The van der Waals surface area contributed by atoms with Gasteiger partial charge in [-0.05, 0) is 36.4 Å². The summed E-state index contributed by atoms with van der Waals surface area (Å²) in [4.78, 5) is 8.94. The molecule has 0 atom stereocenters. The Labute approximate surface area is 141 Å². The molecule has 0 saturated carbocycles. The van der Waals surface area contributed by atoms with Gasteiger partial charge in [0.15, 0.2) is 17.3 Å². The summed E-state index contributed by atoms with van der Waals surface area (Å²) in [6, 6.07) is 12.9. The van der Waals surface area contributed by atoms with Crippen LogP contribution in [0.2, 0.25) is 0 Å². The van der Waals surface area contributed by atoms with E-state index in [2.05, 4.69) is 20.2 Å². The maximum absolute atomic E-state index is 5.38. The molecule has 5 rings (SSSR count). The van der Waals surface area contributed by atoms with Crippen LogP contribution >= 0.6 is 0 Å². The molecular formula is C17H11N5O3. The van der Waals surface area contributed by atoms with Gasteiger partial charge in [-0.15, -0.1) is 0 Å². The summed E-state index contributed by atoms with van der Waals surface area (Å²) in [5.41, 5.74) is 1.36. The number of hydrogen-bond acceptors (Lipinski definition) is 7. The third-order valence-corrected chi connectivity index (χ3v) is 3.75. The number of fused-ring (bicyclic) bond motifs is 1. The molecule has 4 aromatic rings. The van der Waals surface area contributed by atoms with Crippen molar-refractivity contribution < 1.29 is 14.0 Å². The predicted octanol–water partition coefficient (Wildman–Crippen LogP) is 2.71. The first-order chi connectivity index (χ1) is 12.4. The Kier molecular flexibility index (Phi) is 2.99. The Morgan fingerprint density at radius 2 is 1.92 bits per heavy atom. The molecule has 0 radical (unpaired) electrons. The molecule has 0 N–H and O–H groups in total. The smallest absolute Gasteiger partial charge is 0.276 e. The van der Waals surface area contributed by atoms with Crippen LogP contribution in [-0.2, 0) is 0 Å². The van der Waals surface area contributed by atoms with Crippen LogP contribution in [0.25, 0.3) is 28.8 Å². The van der Waals surface area contributed by atoms with E-state index in [-0.39, 0.29) is 6.79 Å². The molecule has 1 aliphatic rings. The second-order valence-electron chi connectivity index (χ2n) is 5.32. The second kappa shape index (κ2) is 5.45. The lowest BCUT2D eigenvalue weighted by Gasteiger charge is -2.01. The molecule has 0 fully saturated rings. The zero-order chi connectivity index (χ0) is 16.6. The summed E-state index contributed by atoms with van der Waals surface area (Å²) in [5, 5.41) is 8.20. The van der Waals surface area contributed by atoms with Crippen LogP contribution in [0.15, 0.2) is 59.4 Å². The molecule has 0 bridgehead atoms. The van der Waals surface area contributed by atoms with Gasteiger partial charge in [0.05, 0.1) is 0 Å². The molecule has 4 heterocycles. The molecule has 0 spiro atoms. The van der Waals surface area contributed by atoms with Crippen LogP contribution in [0.3, 0.4) is 0 Å². The van der Waals surface area contributed by atoms with Crippen molar-refractivity contribution in [3.8, 4) is 40.3 Å². The van der Waals surface area contributed by atoms with Crippen LogP contribution in [0.5, 0.6) is 11.5 Å². The molecule has 1 aliphatic heterocycles. The molecule has 0 amide bonds. The van der Waals surface area contributed by atoms with Crippen molar-refractivity contribution in [1.82, 2.24) is 24.9 Å². The van der Waals surface area contributed by atoms with Crippen LogP contribution in [0.1, 0.15) is 0 Å². The fourth-order valence-electron chi connectivity index (χ4n) is 2.55. The Hall–Kier alpha value is -3.68. The first-order valence-corrected chi connectivity index (χ1v) is 7.58. The lowest BCUT2D eigenvalue weighted by Crippen LogP contribution is -1.98. The van der Waals surface area contributed by atoms with Crippen molar-refractivity contribution in [3.63, 3.8) is 0 Å². The van der Waals surface area contributed by atoms with Crippen LogP contribution in [0, 0.1) is 0 Å². The Morgan fingerprint density at radius 3 is 2.84 bits per heavy atom. The summed E-state index contributed by atoms with van der Waals surface area (Å²) in [6.07, 6.45) is 3.51. The quantitative estimate of drug-likeness (QED) is 0.569. The third-order valence-electron chi connectivity index (χ3n) is 3.75. The van der Waals surface area contributed by atoms with Crippen LogP contribution in [0.4, 0.5) is 0 Å². The first kappa shape index (κ1) is 13.7. The Morgan fingerprint density at radius 1 is 0.960 bits per heavy atom. The van der Waals surface area contributed by atoms with E-state index in [9.17, 15) is 0 Å².